The molecule has 35 heavy (non-hydrogen) atoms. The van der Waals surface area contributed by atoms with E-state index in [1.54, 1.807) is 12.2 Å². The van der Waals surface area contributed by atoms with Gasteiger partial charge in [-0.3, -0.25) is 0 Å². The highest BCUT2D eigenvalue weighted by Crippen LogP contribution is 2.14. The monoisotopic (exact) mass is 482 g/mol. The molecule has 0 radical (unpaired) electrons. The summed E-state index contributed by atoms with van der Waals surface area (Å²) in [7, 11) is 0. The van der Waals surface area contributed by atoms with Crippen LogP contribution in [0.5, 0.6) is 11.5 Å². The SMILES string of the molecule is C=C/C=C(\C=C)COc1cccc(C)c1.CC.CC.Cc1cccc(OCC(=O)OC(C)(C)C)c1. The average Bonchev–Trinajstić information content (AvgIpc) is 2.82. The van der Waals surface area contributed by atoms with Crippen LogP contribution in [0.4, 0.5) is 0 Å². The van der Waals surface area contributed by atoms with Gasteiger partial charge in [0.2, 0.25) is 0 Å². The number of ether oxygens (including phenoxy) is 3. The minimum Gasteiger partial charge on any atom is -0.489 e. The van der Waals surface area contributed by atoms with Crippen molar-refractivity contribution in [1.82, 2.24) is 0 Å². The van der Waals surface area contributed by atoms with Crippen LogP contribution in [0, 0.1) is 13.8 Å². The van der Waals surface area contributed by atoms with E-state index in [0.717, 1.165) is 16.9 Å². The van der Waals surface area contributed by atoms with Crippen molar-refractivity contribution in [2.24, 2.45) is 0 Å². The molecule has 0 spiro atoms. The van der Waals surface area contributed by atoms with Crippen LogP contribution in [-0.4, -0.2) is 24.8 Å². The highest BCUT2D eigenvalue weighted by molar-refractivity contribution is 5.71. The average molecular weight is 483 g/mol. The lowest BCUT2D eigenvalue weighted by atomic mass is 10.2. The molecule has 0 aliphatic carbocycles. The van der Waals surface area contributed by atoms with Crippen LogP contribution in [-0.2, 0) is 9.53 Å². The number of allylic oxidation sites excluding steroid dienone is 2. The van der Waals surface area contributed by atoms with Gasteiger partial charge in [0.25, 0.3) is 0 Å². The lowest BCUT2D eigenvalue weighted by molar-refractivity contribution is -0.157. The summed E-state index contributed by atoms with van der Waals surface area (Å²) in [5, 5.41) is 0. The largest absolute Gasteiger partial charge is 0.489 e. The van der Waals surface area contributed by atoms with Crippen LogP contribution in [0.15, 0.2) is 85.5 Å². The molecular formula is C31H46O4. The van der Waals surface area contributed by atoms with Crippen LogP contribution < -0.4 is 9.47 Å². The summed E-state index contributed by atoms with van der Waals surface area (Å²) in [5.41, 5.74) is 2.85. The Kier molecular flexibility index (Phi) is 19.5. The Hall–Kier alpha value is -3.27. The number of carbonyl (C=O) groups is 1. The molecule has 0 fully saturated rings. The molecule has 0 aromatic heterocycles. The van der Waals surface area contributed by atoms with Crippen molar-refractivity contribution >= 4 is 5.97 Å². The van der Waals surface area contributed by atoms with Gasteiger partial charge in [-0.15, -0.1) is 0 Å². The van der Waals surface area contributed by atoms with Crippen molar-refractivity contribution in [3.05, 3.63) is 96.6 Å². The summed E-state index contributed by atoms with van der Waals surface area (Å²) in [6.07, 6.45) is 5.40. The first-order valence-corrected chi connectivity index (χ1v) is 12.2. The van der Waals surface area contributed by atoms with Gasteiger partial charge in [0.05, 0.1) is 0 Å². The summed E-state index contributed by atoms with van der Waals surface area (Å²) in [4.78, 5) is 11.4. The van der Waals surface area contributed by atoms with Gasteiger partial charge < -0.3 is 14.2 Å². The minimum atomic E-state index is -0.465. The second-order valence-corrected chi connectivity index (χ2v) is 7.98. The van der Waals surface area contributed by atoms with E-state index < -0.39 is 5.60 Å². The normalized spacial score (nSPS) is 10.0. The third-order valence-corrected chi connectivity index (χ3v) is 3.76. The Morgan fingerprint density at radius 3 is 1.66 bits per heavy atom. The molecule has 0 bridgehead atoms. The molecule has 0 amide bonds. The zero-order valence-corrected chi connectivity index (χ0v) is 23.3. The molecule has 4 nitrogen and oxygen atoms in total. The van der Waals surface area contributed by atoms with Crippen LogP contribution >= 0.6 is 0 Å². The third-order valence-electron chi connectivity index (χ3n) is 3.76. The Morgan fingerprint density at radius 2 is 1.29 bits per heavy atom. The van der Waals surface area contributed by atoms with Crippen LogP contribution in [0.2, 0.25) is 0 Å². The highest BCUT2D eigenvalue weighted by Gasteiger charge is 2.16. The zero-order valence-electron chi connectivity index (χ0n) is 23.3. The molecule has 194 valence electrons. The van der Waals surface area contributed by atoms with Crippen molar-refractivity contribution < 1.29 is 19.0 Å². The molecule has 2 rings (SSSR count). The number of hydrogen-bond donors (Lipinski definition) is 0. The van der Waals surface area contributed by atoms with Gasteiger partial charge >= 0.3 is 5.97 Å². The van der Waals surface area contributed by atoms with E-state index in [9.17, 15) is 4.79 Å². The van der Waals surface area contributed by atoms with Gasteiger partial charge in [-0.1, -0.05) is 83.3 Å². The van der Waals surface area contributed by atoms with Gasteiger partial charge in [-0.05, 0) is 75.6 Å². The van der Waals surface area contributed by atoms with E-state index in [1.807, 2.05) is 117 Å². The molecule has 0 aliphatic rings. The summed E-state index contributed by atoms with van der Waals surface area (Å²) in [5.74, 6) is 1.21. The maximum absolute atomic E-state index is 11.4. The second kappa shape index (κ2) is 20.1. The fourth-order valence-electron chi connectivity index (χ4n) is 2.42. The molecule has 0 unspecified atom stereocenters. The first-order valence-electron chi connectivity index (χ1n) is 12.2. The first kappa shape index (κ1) is 33.9. The topological polar surface area (TPSA) is 44.8 Å². The Morgan fingerprint density at radius 1 is 0.829 bits per heavy atom. The van der Waals surface area contributed by atoms with E-state index in [1.165, 1.54) is 5.56 Å². The molecule has 0 saturated carbocycles. The van der Waals surface area contributed by atoms with Gasteiger partial charge in [-0.25, -0.2) is 4.79 Å². The maximum atomic E-state index is 11.4. The van der Waals surface area contributed by atoms with Crippen molar-refractivity contribution in [2.45, 2.75) is 67.9 Å². The van der Waals surface area contributed by atoms with Gasteiger partial charge in [0, 0.05) is 0 Å². The quantitative estimate of drug-likeness (QED) is 0.280. The minimum absolute atomic E-state index is 0.0548. The van der Waals surface area contributed by atoms with E-state index >= 15 is 0 Å². The second-order valence-electron chi connectivity index (χ2n) is 7.98. The molecule has 0 heterocycles. The third kappa shape index (κ3) is 18.8. The highest BCUT2D eigenvalue weighted by atomic mass is 16.6. The Bertz CT molecular complexity index is 889. The lowest BCUT2D eigenvalue weighted by Crippen LogP contribution is -2.27. The molecule has 2 aromatic carbocycles. The molecule has 0 saturated heterocycles. The molecule has 4 heteroatoms. The zero-order chi connectivity index (χ0) is 27.3. The van der Waals surface area contributed by atoms with Crippen molar-refractivity contribution in [2.75, 3.05) is 13.2 Å². The number of rotatable bonds is 8. The molecular weight excluding hydrogens is 436 g/mol. The van der Waals surface area contributed by atoms with Gasteiger partial charge in [-0.2, -0.15) is 0 Å². The molecule has 0 N–H and O–H groups in total. The number of aryl methyl sites for hydroxylation is 2. The standard InChI is InChI=1S/C14H16O.C13H18O3.2C2H6/c1-4-7-13(5-2)11-15-14-9-6-8-12(3)10-14;1-10-6-5-7-11(8-10)15-9-12(14)16-13(2,3)4;2*1-2/h4-10H,1-2,11H2,3H3;5-8H,9H2,1-4H3;2*1-2H3/b13-7+;;;. The van der Waals surface area contributed by atoms with E-state index in [4.69, 9.17) is 14.2 Å². The Labute approximate surface area is 214 Å². The van der Waals surface area contributed by atoms with Crippen molar-refractivity contribution in [1.29, 1.82) is 0 Å². The summed E-state index contributed by atoms with van der Waals surface area (Å²) in [6.45, 7) is 25.3. The van der Waals surface area contributed by atoms with E-state index in [-0.39, 0.29) is 12.6 Å². The summed E-state index contributed by atoms with van der Waals surface area (Å²) >= 11 is 0. The van der Waals surface area contributed by atoms with Crippen LogP contribution in [0.3, 0.4) is 0 Å². The summed E-state index contributed by atoms with van der Waals surface area (Å²) in [6, 6.07) is 15.5. The fourth-order valence-corrected chi connectivity index (χ4v) is 2.42. The van der Waals surface area contributed by atoms with Crippen molar-refractivity contribution in [3.63, 3.8) is 0 Å². The lowest BCUT2D eigenvalue weighted by Gasteiger charge is -2.19. The van der Waals surface area contributed by atoms with Crippen LogP contribution in [0.25, 0.3) is 0 Å². The molecule has 2 aromatic rings. The number of benzene rings is 2. The number of esters is 1. The summed E-state index contributed by atoms with van der Waals surface area (Å²) < 4.78 is 16.1. The van der Waals surface area contributed by atoms with Gasteiger partial charge in [0.1, 0.15) is 23.7 Å². The Balaban J connectivity index is 0. The predicted molar refractivity (Wildman–Crippen MR) is 150 cm³/mol. The van der Waals surface area contributed by atoms with E-state index in [0.29, 0.717) is 12.4 Å². The maximum Gasteiger partial charge on any atom is 0.344 e. The van der Waals surface area contributed by atoms with Gasteiger partial charge in [0.15, 0.2) is 6.61 Å². The van der Waals surface area contributed by atoms with Crippen LogP contribution in [0.1, 0.15) is 59.6 Å². The molecule has 0 aliphatic heterocycles. The fraction of sp³-hybridized carbons (Fsp3) is 0.387. The predicted octanol–water partition coefficient (Wildman–Crippen LogP) is 8.44. The first-order chi connectivity index (χ1) is 16.6. The van der Waals surface area contributed by atoms with Crippen molar-refractivity contribution in [3.8, 4) is 11.5 Å². The van der Waals surface area contributed by atoms with E-state index in [2.05, 4.69) is 13.2 Å². The molecule has 0 atom stereocenters. The smallest absolute Gasteiger partial charge is 0.344 e. The number of carbonyl (C=O) groups excluding carboxylic acids is 1. The number of hydrogen-bond acceptors (Lipinski definition) is 4.